The van der Waals surface area contributed by atoms with Gasteiger partial charge in [-0.25, -0.2) is 4.98 Å². The molecule has 0 atom stereocenters. The molecular weight excluding hydrogens is 256 g/mol. The number of hydrogen-bond donors (Lipinski definition) is 2. The van der Waals surface area contributed by atoms with Gasteiger partial charge in [-0.3, -0.25) is 4.79 Å². The van der Waals surface area contributed by atoms with Gasteiger partial charge in [0.05, 0.1) is 0 Å². The number of benzene rings is 1. The van der Waals surface area contributed by atoms with E-state index in [1.807, 2.05) is 19.1 Å². The Morgan fingerprint density at radius 3 is 2.75 bits per heavy atom. The van der Waals surface area contributed by atoms with Crippen molar-refractivity contribution in [1.82, 2.24) is 9.97 Å². The number of rotatable bonds is 5. The molecule has 0 unspecified atom stereocenters. The highest BCUT2D eigenvalue weighted by molar-refractivity contribution is 5.66. The third-order valence-corrected chi connectivity index (χ3v) is 2.40. The lowest BCUT2D eigenvalue weighted by atomic mass is 10.1. The normalized spacial score (nSPS) is 9.50. The molecule has 2 N–H and O–H groups in total. The zero-order valence-corrected chi connectivity index (χ0v) is 11.8. The SMILES string of the molecule is CCCC(=O)O.Cc1cccc(COc2ncc[nH]2)c1. The molecule has 0 aliphatic carbocycles. The Balaban J connectivity index is 0.000000286. The lowest BCUT2D eigenvalue weighted by Gasteiger charge is -2.03. The lowest BCUT2D eigenvalue weighted by Crippen LogP contribution is -1.96. The van der Waals surface area contributed by atoms with Crippen LogP contribution in [0.25, 0.3) is 0 Å². The number of carboxylic acids is 1. The van der Waals surface area contributed by atoms with E-state index in [0.717, 1.165) is 12.0 Å². The summed E-state index contributed by atoms with van der Waals surface area (Å²) >= 11 is 0. The van der Waals surface area contributed by atoms with Gasteiger partial charge in [-0.2, -0.15) is 0 Å². The largest absolute Gasteiger partial charge is 0.481 e. The third kappa shape index (κ3) is 6.58. The van der Waals surface area contributed by atoms with Crippen LogP contribution in [-0.4, -0.2) is 21.0 Å². The summed E-state index contributed by atoms with van der Waals surface area (Å²) in [7, 11) is 0. The van der Waals surface area contributed by atoms with Crippen molar-refractivity contribution in [2.24, 2.45) is 0 Å². The predicted octanol–water partition coefficient (Wildman–Crippen LogP) is 3.17. The van der Waals surface area contributed by atoms with Gasteiger partial charge < -0.3 is 14.8 Å². The lowest BCUT2D eigenvalue weighted by molar-refractivity contribution is -0.137. The van der Waals surface area contributed by atoms with E-state index in [2.05, 4.69) is 29.0 Å². The van der Waals surface area contributed by atoms with Crippen molar-refractivity contribution >= 4 is 5.97 Å². The first kappa shape index (κ1) is 15.8. The number of aryl methyl sites for hydroxylation is 1. The smallest absolute Gasteiger partial charge is 0.303 e. The van der Waals surface area contributed by atoms with Gasteiger partial charge in [-0.05, 0) is 18.9 Å². The van der Waals surface area contributed by atoms with Crippen LogP contribution in [0.15, 0.2) is 36.7 Å². The van der Waals surface area contributed by atoms with Crippen LogP contribution in [0.3, 0.4) is 0 Å². The van der Waals surface area contributed by atoms with Crippen LogP contribution < -0.4 is 4.74 Å². The standard InChI is InChI=1S/C11H12N2O.C4H8O2/c1-9-3-2-4-10(7-9)8-14-11-12-5-6-13-11;1-2-3-4(5)6/h2-7H,8H2,1H3,(H,12,13);2-3H2,1H3,(H,5,6). The predicted molar refractivity (Wildman–Crippen MR) is 76.6 cm³/mol. The van der Waals surface area contributed by atoms with Gasteiger partial charge >= 0.3 is 5.97 Å². The number of aromatic amines is 1. The first-order chi connectivity index (χ1) is 9.61. The highest BCUT2D eigenvalue weighted by atomic mass is 16.5. The number of ether oxygens (including phenoxy) is 1. The van der Waals surface area contributed by atoms with Crippen LogP contribution in [0.1, 0.15) is 30.9 Å². The molecule has 1 aromatic carbocycles. The van der Waals surface area contributed by atoms with Gasteiger partial charge in [0, 0.05) is 18.8 Å². The molecule has 2 rings (SSSR count). The van der Waals surface area contributed by atoms with E-state index >= 15 is 0 Å². The molecule has 1 heterocycles. The molecule has 5 heteroatoms. The van der Waals surface area contributed by atoms with E-state index in [0.29, 0.717) is 19.0 Å². The van der Waals surface area contributed by atoms with Gasteiger partial charge in [-0.15, -0.1) is 0 Å². The number of aromatic nitrogens is 2. The molecule has 0 amide bonds. The first-order valence-corrected chi connectivity index (χ1v) is 6.51. The molecule has 0 bridgehead atoms. The molecule has 1 aromatic heterocycles. The number of nitrogens with zero attached hydrogens (tertiary/aromatic N) is 1. The zero-order valence-electron chi connectivity index (χ0n) is 11.8. The van der Waals surface area contributed by atoms with Gasteiger partial charge in [-0.1, -0.05) is 36.8 Å². The number of H-pyrrole nitrogens is 1. The number of nitrogens with one attached hydrogen (secondary N) is 1. The van der Waals surface area contributed by atoms with Crippen LogP contribution in [0.4, 0.5) is 0 Å². The minimum atomic E-state index is -0.711. The quantitative estimate of drug-likeness (QED) is 0.879. The molecule has 0 radical (unpaired) electrons. The first-order valence-electron chi connectivity index (χ1n) is 6.51. The van der Waals surface area contributed by atoms with Crippen molar-refractivity contribution in [2.45, 2.75) is 33.3 Å². The average molecular weight is 276 g/mol. The second-order valence-corrected chi connectivity index (χ2v) is 4.32. The Hall–Kier alpha value is -2.30. The summed E-state index contributed by atoms with van der Waals surface area (Å²) in [6.45, 7) is 4.46. The summed E-state index contributed by atoms with van der Waals surface area (Å²) in [4.78, 5) is 16.5. The second-order valence-electron chi connectivity index (χ2n) is 4.32. The van der Waals surface area contributed by atoms with E-state index in [1.165, 1.54) is 5.56 Å². The number of hydrogen-bond acceptors (Lipinski definition) is 3. The van der Waals surface area contributed by atoms with Gasteiger partial charge in [0.15, 0.2) is 0 Å². The summed E-state index contributed by atoms with van der Waals surface area (Å²) in [6.07, 6.45) is 4.44. The van der Waals surface area contributed by atoms with Gasteiger partial charge in [0.2, 0.25) is 0 Å². The molecule has 0 spiro atoms. The topological polar surface area (TPSA) is 75.2 Å². The monoisotopic (exact) mass is 276 g/mol. The van der Waals surface area contributed by atoms with Crippen LogP contribution >= 0.6 is 0 Å². The summed E-state index contributed by atoms with van der Waals surface area (Å²) in [5.74, 6) is -0.711. The average Bonchev–Trinajstić information content (AvgIpc) is 2.90. The number of imidazole rings is 1. The summed E-state index contributed by atoms with van der Waals surface area (Å²) in [5, 5.41) is 7.91. The summed E-state index contributed by atoms with van der Waals surface area (Å²) in [5.41, 5.74) is 2.40. The Morgan fingerprint density at radius 2 is 2.25 bits per heavy atom. The maximum absolute atomic E-state index is 9.60. The number of carbonyl (C=O) groups is 1. The highest BCUT2D eigenvalue weighted by Crippen LogP contribution is 2.07. The minimum Gasteiger partial charge on any atom is -0.481 e. The fraction of sp³-hybridized carbons (Fsp3) is 0.333. The fourth-order valence-electron chi connectivity index (χ4n) is 1.50. The van der Waals surface area contributed by atoms with Crippen molar-refractivity contribution in [3.8, 4) is 6.01 Å². The fourth-order valence-corrected chi connectivity index (χ4v) is 1.50. The molecule has 0 saturated heterocycles. The Bertz CT molecular complexity index is 510. The van der Waals surface area contributed by atoms with E-state index in [4.69, 9.17) is 9.84 Å². The zero-order chi connectivity index (χ0) is 14.8. The maximum atomic E-state index is 9.60. The second kappa shape index (κ2) is 8.74. The molecule has 20 heavy (non-hydrogen) atoms. The molecule has 0 aliphatic heterocycles. The Morgan fingerprint density at radius 1 is 1.45 bits per heavy atom. The highest BCUT2D eigenvalue weighted by Gasteiger charge is 1.96. The Kier molecular flexibility index (Phi) is 6.89. The summed E-state index contributed by atoms with van der Waals surface area (Å²) in [6, 6.07) is 8.79. The molecule has 108 valence electrons. The minimum absolute atomic E-state index is 0.292. The van der Waals surface area contributed by atoms with Crippen molar-refractivity contribution in [3.05, 3.63) is 47.8 Å². The maximum Gasteiger partial charge on any atom is 0.303 e. The van der Waals surface area contributed by atoms with Crippen LogP contribution in [0, 0.1) is 6.92 Å². The number of aliphatic carboxylic acids is 1. The van der Waals surface area contributed by atoms with Crippen molar-refractivity contribution < 1.29 is 14.6 Å². The van der Waals surface area contributed by atoms with E-state index < -0.39 is 5.97 Å². The molecule has 5 nitrogen and oxygen atoms in total. The van der Waals surface area contributed by atoms with Gasteiger partial charge in [0.1, 0.15) is 6.61 Å². The van der Waals surface area contributed by atoms with Crippen LogP contribution in [0.2, 0.25) is 0 Å². The van der Waals surface area contributed by atoms with Crippen LogP contribution in [-0.2, 0) is 11.4 Å². The number of carboxylic acid groups (broad SMARTS) is 1. The van der Waals surface area contributed by atoms with Crippen molar-refractivity contribution in [1.29, 1.82) is 0 Å². The van der Waals surface area contributed by atoms with Gasteiger partial charge in [0.25, 0.3) is 6.01 Å². The molecule has 0 saturated carbocycles. The summed E-state index contributed by atoms with van der Waals surface area (Å²) < 4.78 is 5.42. The molecule has 0 aliphatic rings. The van der Waals surface area contributed by atoms with Crippen molar-refractivity contribution in [2.75, 3.05) is 0 Å². The van der Waals surface area contributed by atoms with E-state index in [9.17, 15) is 4.79 Å². The van der Waals surface area contributed by atoms with E-state index in [1.54, 1.807) is 12.4 Å². The molecular formula is C15H20N2O3. The third-order valence-electron chi connectivity index (χ3n) is 2.40. The Labute approximate surface area is 118 Å². The van der Waals surface area contributed by atoms with Crippen LogP contribution in [0.5, 0.6) is 6.01 Å². The molecule has 0 fully saturated rings. The molecule has 2 aromatic rings. The van der Waals surface area contributed by atoms with E-state index in [-0.39, 0.29) is 0 Å². The van der Waals surface area contributed by atoms with Crippen molar-refractivity contribution in [3.63, 3.8) is 0 Å².